The Labute approximate surface area is 202 Å². The molecular formula is C25H24Cl2N4O2. The number of nitrogens with zero attached hydrogens (tertiary/aromatic N) is 2. The molecule has 0 spiro atoms. The number of carbonyl (C=O) groups excluding carboxylic acids is 2. The molecule has 0 aliphatic carbocycles. The molecule has 170 valence electrons. The normalized spacial score (nSPS) is 13.5. The van der Waals surface area contributed by atoms with Gasteiger partial charge in [-0.3, -0.25) is 14.6 Å². The van der Waals surface area contributed by atoms with Crippen molar-refractivity contribution in [3.8, 4) is 0 Å². The van der Waals surface area contributed by atoms with Crippen LogP contribution in [0.25, 0.3) is 0 Å². The van der Waals surface area contributed by atoms with Crippen molar-refractivity contribution in [2.24, 2.45) is 0 Å². The molecule has 2 heterocycles. The smallest absolute Gasteiger partial charge is 0.255 e. The van der Waals surface area contributed by atoms with Gasteiger partial charge >= 0.3 is 0 Å². The van der Waals surface area contributed by atoms with Gasteiger partial charge in [0.2, 0.25) is 0 Å². The molecule has 0 radical (unpaired) electrons. The van der Waals surface area contributed by atoms with Crippen molar-refractivity contribution in [3.05, 3.63) is 87.7 Å². The van der Waals surface area contributed by atoms with Gasteiger partial charge < -0.3 is 15.5 Å². The minimum Gasteiger partial charge on any atom is -0.371 e. The first-order valence-corrected chi connectivity index (χ1v) is 11.6. The molecule has 8 heteroatoms. The number of anilines is 2. The number of pyridine rings is 1. The van der Waals surface area contributed by atoms with E-state index in [1.165, 1.54) is 6.42 Å². The van der Waals surface area contributed by atoms with Crippen molar-refractivity contribution in [1.82, 2.24) is 10.3 Å². The molecule has 0 saturated carbocycles. The summed E-state index contributed by atoms with van der Waals surface area (Å²) in [4.78, 5) is 32.2. The summed E-state index contributed by atoms with van der Waals surface area (Å²) in [6.07, 6.45) is 6.78. The van der Waals surface area contributed by atoms with E-state index in [1.807, 2.05) is 24.3 Å². The highest BCUT2D eigenvalue weighted by atomic mass is 35.5. The van der Waals surface area contributed by atoms with E-state index in [0.717, 1.165) is 37.2 Å². The molecule has 6 nitrogen and oxygen atoms in total. The van der Waals surface area contributed by atoms with Gasteiger partial charge in [-0.05, 0) is 67.3 Å². The zero-order valence-electron chi connectivity index (χ0n) is 18.0. The highest BCUT2D eigenvalue weighted by Gasteiger charge is 2.20. The van der Waals surface area contributed by atoms with Gasteiger partial charge in [0.1, 0.15) is 0 Å². The number of piperidine rings is 1. The molecule has 1 aliphatic heterocycles. The fraction of sp³-hybridized carbons (Fsp3) is 0.240. The van der Waals surface area contributed by atoms with E-state index in [9.17, 15) is 9.59 Å². The van der Waals surface area contributed by atoms with E-state index in [0.29, 0.717) is 33.4 Å². The molecule has 1 saturated heterocycles. The van der Waals surface area contributed by atoms with Crippen molar-refractivity contribution in [2.45, 2.75) is 25.8 Å². The number of halogens is 2. The number of hydrogen-bond donors (Lipinski definition) is 2. The lowest BCUT2D eigenvalue weighted by molar-refractivity contribution is 0.0950. The van der Waals surface area contributed by atoms with Crippen LogP contribution in [0.4, 0.5) is 11.4 Å². The highest BCUT2D eigenvalue weighted by molar-refractivity contribution is 6.35. The molecule has 1 aromatic heterocycles. The first kappa shape index (κ1) is 23.1. The van der Waals surface area contributed by atoms with Gasteiger partial charge in [-0.2, -0.15) is 0 Å². The van der Waals surface area contributed by atoms with E-state index in [1.54, 1.807) is 36.7 Å². The molecule has 0 unspecified atom stereocenters. The van der Waals surface area contributed by atoms with E-state index < -0.39 is 0 Å². The Morgan fingerprint density at radius 2 is 1.70 bits per heavy atom. The SMILES string of the molecule is O=C(Nc1ccc(N2CCCCC2)c(C(=O)NCc2cccnc2)c1)c1cc(Cl)cc(Cl)c1. The van der Waals surface area contributed by atoms with Crippen LogP contribution in [-0.4, -0.2) is 29.9 Å². The topological polar surface area (TPSA) is 74.3 Å². The van der Waals surface area contributed by atoms with Crippen molar-refractivity contribution in [2.75, 3.05) is 23.3 Å². The maximum Gasteiger partial charge on any atom is 0.255 e. The third-order valence-corrected chi connectivity index (χ3v) is 5.93. The second-order valence-electron chi connectivity index (χ2n) is 7.94. The molecule has 2 amide bonds. The van der Waals surface area contributed by atoms with Crippen molar-refractivity contribution in [3.63, 3.8) is 0 Å². The quantitative estimate of drug-likeness (QED) is 0.482. The van der Waals surface area contributed by atoms with Crippen LogP contribution in [0.3, 0.4) is 0 Å². The Bertz CT molecular complexity index is 1130. The van der Waals surface area contributed by atoms with Gasteiger partial charge in [-0.15, -0.1) is 0 Å². The summed E-state index contributed by atoms with van der Waals surface area (Å²) in [6.45, 7) is 2.16. The zero-order chi connectivity index (χ0) is 23.2. The standard InChI is InChI=1S/C25H24Cl2N4O2/c26-19-11-18(12-20(27)13-19)24(32)30-21-6-7-23(31-9-2-1-3-10-31)22(14-21)25(33)29-16-17-5-4-8-28-15-17/h4-8,11-15H,1-3,9-10,16H2,(H,29,33)(H,30,32). The molecule has 2 aromatic carbocycles. The fourth-order valence-electron chi connectivity index (χ4n) is 3.87. The van der Waals surface area contributed by atoms with Gasteiger partial charge in [-0.25, -0.2) is 0 Å². The number of carbonyl (C=O) groups is 2. The molecule has 1 aliphatic rings. The van der Waals surface area contributed by atoms with Crippen molar-refractivity contribution in [1.29, 1.82) is 0 Å². The lowest BCUT2D eigenvalue weighted by Gasteiger charge is -2.30. The van der Waals surface area contributed by atoms with E-state index >= 15 is 0 Å². The van der Waals surface area contributed by atoms with Gasteiger partial charge in [0.05, 0.1) is 5.56 Å². The van der Waals surface area contributed by atoms with E-state index in [-0.39, 0.29) is 11.8 Å². The van der Waals surface area contributed by atoms with Crippen LogP contribution in [0.2, 0.25) is 10.0 Å². The van der Waals surface area contributed by atoms with Crippen LogP contribution < -0.4 is 15.5 Å². The Morgan fingerprint density at radius 1 is 0.939 bits per heavy atom. The van der Waals surface area contributed by atoms with Crippen LogP contribution >= 0.6 is 23.2 Å². The fourth-order valence-corrected chi connectivity index (χ4v) is 4.40. The minimum absolute atomic E-state index is 0.207. The summed E-state index contributed by atoms with van der Waals surface area (Å²) in [5.41, 5.74) is 3.15. The molecule has 0 atom stereocenters. The third-order valence-electron chi connectivity index (χ3n) is 5.50. The minimum atomic E-state index is -0.355. The Kier molecular flexibility index (Phi) is 7.47. The Morgan fingerprint density at radius 3 is 2.39 bits per heavy atom. The van der Waals surface area contributed by atoms with Gasteiger partial charge in [0.15, 0.2) is 0 Å². The van der Waals surface area contributed by atoms with Crippen LogP contribution in [0, 0.1) is 0 Å². The van der Waals surface area contributed by atoms with Crippen LogP contribution in [0.1, 0.15) is 45.5 Å². The molecule has 3 aromatic rings. The first-order valence-electron chi connectivity index (χ1n) is 10.8. The van der Waals surface area contributed by atoms with Crippen LogP contribution in [-0.2, 0) is 6.54 Å². The Hall–Kier alpha value is -3.09. The maximum absolute atomic E-state index is 13.2. The summed E-state index contributed by atoms with van der Waals surface area (Å²) in [5.74, 6) is -0.562. The second kappa shape index (κ2) is 10.7. The molecule has 2 N–H and O–H groups in total. The van der Waals surface area contributed by atoms with Crippen LogP contribution in [0.15, 0.2) is 60.9 Å². The van der Waals surface area contributed by atoms with Gasteiger partial charge in [-0.1, -0.05) is 29.3 Å². The van der Waals surface area contributed by atoms with Crippen molar-refractivity contribution >= 4 is 46.4 Å². The Balaban J connectivity index is 1.58. The second-order valence-corrected chi connectivity index (χ2v) is 8.81. The van der Waals surface area contributed by atoms with E-state index in [4.69, 9.17) is 23.2 Å². The molecule has 1 fully saturated rings. The van der Waals surface area contributed by atoms with Gasteiger partial charge in [0, 0.05) is 59.0 Å². The summed E-state index contributed by atoms with van der Waals surface area (Å²) >= 11 is 12.1. The van der Waals surface area contributed by atoms with Crippen molar-refractivity contribution < 1.29 is 9.59 Å². The molecule has 0 bridgehead atoms. The van der Waals surface area contributed by atoms with Crippen LogP contribution in [0.5, 0.6) is 0 Å². The average molecular weight is 483 g/mol. The first-order chi connectivity index (χ1) is 16.0. The largest absolute Gasteiger partial charge is 0.371 e. The number of benzene rings is 2. The average Bonchev–Trinajstić information content (AvgIpc) is 2.83. The number of nitrogens with one attached hydrogen (secondary N) is 2. The van der Waals surface area contributed by atoms with E-state index in [2.05, 4.69) is 20.5 Å². The number of rotatable bonds is 6. The molecule has 33 heavy (non-hydrogen) atoms. The molecule has 4 rings (SSSR count). The summed E-state index contributed by atoms with van der Waals surface area (Å²) < 4.78 is 0. The third kappa shape index (κ3) is 6.03. The maximum atomic E-state index is 13.2. The highest BCUT2D eigenvalue weighted by Crippen LogP contribution is 2.28. The molecular weight excluding hydrogens is 459 g/mol. The predicted octanol–water partition coefficient (Wildman–Crippen LogP) is 5.56. The monoisotopic (exact) mass is 482 g/mol. The van der Waals surface area contributed by atoms with Gasteiger partial charge in [0.25, 0.3) is 11.8 Å². The number of hydrogen-bond acceptors (Lipinski definition) is 4. The summed E-state index contributed by atoms with van der Waals surface area (Å²) in [7, 11) is 0. The number of aromatic nitrogens is 1. The number of amides is 2. The summed E-state index contributed by atoms with van der Waals surface area (Å²) in [6, 6.07) is 13.8. The predicted molar refractivity (Wildman–Crippen MR) is 132 cm³/mol. The lowest BCUT2D eigenvalue weighted by Crippen LogP contribution is -2.32. The zero-order valence-corrected chi connectivity index (χ0v) is 19.5. The lowest BCUT2D eigenvalue weighted by atomic mass is 10.1. The summed E-state index contributed by atoms with van der Waals surface area (Å²) in [5, 5.41) is 6.57.